The molecule has 0 saturated carbocycles. The van der Waals surface area contributed by atoms with Gasteiger partial charge in [-0.3, -0.25) is 28.8 Å². The fourth-order valence-corrected chi connectivity index (χ4v) is 5.90. The standard InChI is InChI=1S/C36H56N2O13/c1-31(2,21-33(5,6)29(45)50-37-23(39)13-14-24(37)40)27(43)47-19-17-35(9,10)48-20-18-36(11,12)49-28(44)32(3,4)22-34(7,8)30(46)51-38-25(41)15-16-26(38)42/h13-22H2,1-12H3. The minimum absolute atomic E-state index is 0.0191. The Morgan fingerprint density at radius 1 is 0.490 bits per heavy atom. The molecular weight excluding hydrogens is 668 g/mol. The van der Waals surface area contributed by atoms with E-state index in [-0.39, 0.29) is 51.7 Å². The highest BCUT2D eigenvalue weighted by molar-refractivity contribution is 6.02. The molecule has 0 aromatic carbocycles. The maximum Gasteiger partial charge on any atom is 0.338 e. The van der Waals surface area contributed by atoms with E-state index in [1.54, 1.807) is 69.2 Å². The minimum atomic E-state index is -1.22. The average molecular weight is 725 g/mol. The molecule has 0 unspecified atom stereocenters. The first-order valence-corrected chi connectivity index (χ1v) is 17.2. The van der Waals surface area contributed by atoms with E-state index < -0.39 is 80.4 Å². The largest absolute Gasteiger partial charge is 0.465 e. The average Bonchev–Trinajstić information content (AvgIpc) is 3.45. The van der Waals surface area contributed by atoms with Crippen LogP contribution in [0.2, 0.25) is 0 Å². The van der Waals surface area contributed by atoms with Crippen LogP contribution in [-0.4, -0.2) is 82.0 Å². The highest BCUT2D eigenvalue weighted by atomic mass is 16.7. The molecular formula is C36H56N2O13. The Labute approximate surface area is 300 Å². The molecule has 2 rings (SSSR count). The molecule has 2 aliphatic heterocycles. The fourth-order valence-electron chi connectivity index (χ4n) is 5.90. The number of hydroxylamine groups is 4. The Morgan fingerprint density at radius 3 is 1.22 bits per heavy atom. The molecule has 0 spiro atoms. The smallest absolute Gasteiger partial charge is 0.338 e. The zero-order valence-electron chi connectivity index (χ0n) is 32.3. The van der Waals surface area contributed by atoms with Gasteiger partial charge in [0.2, 0.25) is 0 Å². The fraction of sp³-hybridized carbons (Fsp3) is 0.778. The topological polar surface area (TPSA) is 189 Å². The Hall–Kier alpha value is -3.88. The van der Waals surface area contributed by atoms with E-state index in [4.69, 9.17) is 23.9 Å². The van der Waals surface area contributed by atoms with Crippen molar-refractivity contribution in [3.8, 4) is 0 Å². The number of amides is 4. The first-order valence-electron chi connectivity index (χ1n) is 17.2. The number of carbonyl (C=O) groups excluding carboxylic acids is 8. The molecule has 15 nitrogen and oxygen atoms in total. The monoisotopic (exact) mass is 724 g/mol. The molecule has 0 bridgehead atoms. The lowest BCUT2D eigenvalue weighted by Crippen LogP contribution is -2.43. The van der Waals surface area contributed by atoms with Crippen LogP contribution in [-0.2, 0) is 62.2 Å². The third-order valence-corrected chi connectivity index (χ3v) is 8.84. The van der Waals surface area contributed by atoms with Gasteiger partial charge in [0.05, 0.1) is 40.5 Å². The van der Waals surface area contributed by atoms with E-state index in [0.717, 1.165) is 0 Å². The quantitative estimate of drug-likeness (QED) is 0.142. The van der Waals surface area contributed by atoms with Gasteiger partial charge in [-0.2, -0.15) is 0 Å². The second-order valence-electron chi connectivity index (χ2n) is 17.2. The summed E-state index contributed by atoms with van der Waals surface area (Å²) in [5.74, 6) is -5.06. The van der Waals surface area contributed by atoms with Crippen molar-refractivity contribution in [3.63, 3.8) is 0 Å². The van der Waals surface area contributed by atoms with Gasteiger partial charge in [0, 0.05) is 38.5 Å². The summed E-state index contributed by atoms with van der Waals surface area (Å²) in [6.45, 7) is 20.2. The molecule has 2 saturated heterocycles. The van der Waals surface area contributed by atoms with Crippen molar-refractivity contribution in [2.75, 3.05) is 13.2 Å². The second-order valence-corrected chi connectivity index (χ2v) is 17.2. The number of ether oxygens (including phenoxy) is 3. The molecule has 0 aliphatic carbocycles. The summed E-state index contributed by atoms with van der Waals surface area (Å²) in [4.78, 5) is 109. The number of hydrogen-bond donors (Lipinski definition) is 0. The van der Waals surface area contributed by atoms with E-state index >= 15 is 0 Å². The summed E-state index contributed by atoms with van der Waals surface area (Å²) in [6, 6.07) is 0. The highest BCUT2D eigenvalue weighted by Gasteiger charge is 2.46. The van der Waals surface area contributed by atoms with Crippen LogP contribution >= 0.6 is 0 Å². The highest BCUT2D eigenvalue weighted by Crippen LogP contribution is 2.38. The van der Waals surface area contributed by atoms with Crippen molar-refractivity contribution in [1.29, 1.82) is 0 Å². The number of carbonyl (C=O) groups is 8. The van der Waals surface area contributed by atoms with E-state index in [2.05, 4.69) is 0 Å². The van der Waals surface area contributed by atoms with Crippen LogP contribution in [0.4, 0.5) is 0 Å². The van der Waals surface area contributed by atoms with Crippen LogP contribution < -0.4 is 0 Å². The number of esters is 2. The van der Waals surface area contributed by atoms with E-state index in [1.165, 1.54) is 0 Å². The Bertz CT molecular complexity index is 1380. The van der Waals surface area contributed by atoms with Gasteiger partial charge < -0.3 is 23.9 Å². The number of imide groups is 2. The first kappa shape index (κ1) is 43.3. The zero-order valence-corrected chi connectivity index (χ0v) is 32.3. The summed E-state index contributed by atoms with van der Waals surface area (Å²) in [6.07, 6.45) is 0.620. The van der Waals surface area contributed by atoms with Crippen molar-refractivity contribution in [1.82, 2.24) is 10.1 Å². The van der Waals surface area contributed by atoms with Gasteiger partial charge in [0.25, 0.3) is 23.6 Å². The number of rotatable bonds is 18. The molecule has 0 aromatic rings. The summed E-state index contributed by atoms with van der Waals surface area (Å²) in [5.41, 5.74) is -6.32. The van der Waals surface area contributed by atoms with Crippen LogP contribution in [0, 0.1) is 21.7 Å². The van der Waals surface area contributed by atoms with Gasteiger partial charge in [-0.15, -0.1) is 10.1 Å². The van der Waals surface area contributed by atoms with Gasteiger partial charge in [-0.05, 0) is 95.9 Å². The predicted octanol–water partition coefficient (Wildman–Crippen LogP) is 4.53. The van der Waals surface area contributed by atoms with Crippen molar-refractivity contribution in [2.45, 2.75) is 146 Å². The molecule has 0 aromatic heterocycles. The molecule has 0 radical (unpaired) electrons. The lowest BCUT2D eigenvalue weighted by Gasteiger charge is -2.35. The Balaban J connectivity index is 1.83. The van der Waals surface area contributed by atoms with Crippen LogP contribution in [0.3, 0.4) is 0 Å². The van der Waals surface area contributed by atoms with Crippen molar-refractivity contribution < 1.29 is 62.2 Å². The van der Waals surface area contributed by atoms with E-state index in [1.807, 2.05) is 13.8 Å². The van der Waals surface area contributed by atoms with Gasteiger partial charge >= 0.3 is 23.9 Å². The summed E-state index contributed by atoms with van der Waals surface area (Å²) in [5, 5.41) is 0.970. The van der Waals surface area contributed by atoms with Crippen molar-refractivity contribution >= 4 is 47.5 Å². The molecule has 2 aliphatic rings. The molecule has 0 atom stereocenters. The van der Waals surface area contributed by atoms with Gasteiger partial charge in [-0.1, -0.05) is 0 Å². The lowest BCUT2D eigenvalue weighted by molar-refractivity contribution is -0.206. The van der Waals surface area contributed by atoms with Crippen molar-refractivity contribution in [3.05, 3.63) is 0 Å². The van der Waals surface area contributed by atoms with Gasteiger partial charge in [-0.25, -0.2) is 9.59 Å². The second kappa shape index (κ2) is 15.8. The van der Waals surface area contributed by atoms with Crippen LogP contribution in [0.25, 0.3) is 0 Å². The zero-order chi connectivity index (χ0) is 39.4. The van der Waals surface area contributed by atoms with Crippen LogP contribution in [0.1, 0.15) is 134 Å². The van der Waals surface area contributed by atoms with Crippen LogP contribution in [0.5, 0.6) is 0 Å². The molecule has 15 heteroatoms. The summed E-state index contributed by atoms with van der Waals surface area (Å²) in [7, 11) is 0. The Morgan fingerprint density at radius 2 is 0.824 bits per heavy atom. The van der Waals surface area contributed by atoms with Gasteiger partial charge in [0.15, 0.2) is 0 Å². The number of nitrogens with zero attached hydrogens (tertiary/aromatic N) is 2. The molecule has 2 fully saturated rings. The molecule has 288 valence electrons. The summed E-state index contributed by atoms with van der Waals surface area (Å²) < 4.78 is 17.4. The third-order valence-electron chi connectivity index (χ3n) is 8.84. The normalized spacial score (nSPS) is 16.5. The summed E-state index contributed by atoms with van der Waals surface area (Å²) >= 11 is 0. The Kier molecular flexibility index (Phi) is 13.4. The van der Waals surface area contributed by atoms with E-state index in [0.29, 0.717) is 23.0 Å². The SMILES string of the molecule is CC(C)(CCOC(=O)C(C)(C)CC(C)(C)C(=O)ON1C(=O)CCC1=O)OCCC(C)(C)OC(=O)C(C)(C)CC(C)(C)C(=O)ON1C(=O)CCC1=O. The van der Waals surface area contributed by atoms with E-state index in [9.17, 15) is 38.4 Å². The maximum atomic E-state index is 13.3. The first-order chi connectivity index (χ1) is 23.0. The molecule has 51 heavy (non-hydrogen) atoms. The lowest BCUT2D eigenvalue weighted by atomic mass is 9.75. The molecule has 2 heterocycles. The third kappa shape index (κ3) is 12.1. The van der Waals surface area contributed by atoms with Gasteiger partial charge in [0.1, 0.15) is 5.60 Å². The predicted molar refractivity (Wildman–Crippen MR) is 179 cm³/mol. The maximum absolute atomic E-state index is 13.3. The number of hydrogen-bond acceptors (Lipinski definition) is 13. The van der Waals surface area contributed by atoms with Crippen molar-refractivity contribution in [2.24, 2.45) is 21.7 Å². The van der Waals surface area contributed by atoms with Crippen LogP contribution in [0.15, 0.2) is 0 Å². The molecule has 0 N–H and O–H groups in total. The molecule has 4 amide bonds. The minimum Gasteiger partial charge on any atom is -0.465 e.